The number of rotatable bonds is 11. The van der Waals surface area contributed by atoms with Gasteiger partial charge in [0.05, 0.1) is 43.3 Å². The summed E-state index contributed by atoms with van der Waals surface area (Å²) in [6.45, 7) is 13.6. The molecule has 2 unspecified atom stereocenters. The molecule has 0 aromatic rings. The van der Waals surface area contributed by atoms with Crippen molar-refractivity contribution in [2.24, 2.45) is 17.8 Å². The first-order valence-electron chi connectivity index (χ1n) is 13.2. The largest absolute Gasteiger partial charge is 0.481 e. The monoisotopic (exact) mass is 507 g/mol. The predicted molar refractivity (Wildman–Crippen MR) is 131 cm³/mol. The fraction of sp³-hybridized carbons (Fsp3) is 0.808. The Morgan fingerprint density at radius 3 is 2.56 bits per heavy atom. The third-order valence-electron chi connectivity index (χ3n) is 8.51. The van der Waals surface area contributed by atoms with E-state index in [0.29, 0.717) is 52.1 Å². The number of aliphatic hydroxyl groups is 1. The average Bonchev–Trinajstić information content (AvgIpc) is 3.41. The molecule has 36 heavy (non-hydrogen) atoms. The molecule has 4 saturated heterocycles. The maximum atomic E-state index is 14.3. The van der Waals surface area contributed by atoms with Crippen molar-refractivity contribution in [1.82, 2.24) is 14.7 Å². The van der Waals surface area contributed by atoms with Crippen LogP contribution in [-0.4, -0.2) is 119 Å². The highest BCUT2D eigenvalue weighted by molar-refractivity contribution is 5.98. The molecule has 1 spiro atoms. The van der Waals surface area contributed by atoms with Crippen LogP contribution in [0.5, 0.6) is 0 Å². The first-order valence-corrected chi connectivity index (χ1v) is 13.2. The Morgan fingerprint density at radius 1 is 1.28 bits per heavy atom. The minimum Gasteiger partial charge on any atom is -0.481 e. The van der Waals surface area contributed by atoms with Crippen LogP contribution in [0.15, 0.2) is 12.7 Å². The van der Waals surface area contributed by atoms with Gasteiger partial charge in [-0.15, -0.1) is 6.58 Å². The molecule has 0 aromatic heterocycles. The third-order valence-corrected chi connectivity index (χ3v) is 8.51. The topological polar surface area (TPSA) is 120 Å². The van der Waals surface area contributed by atoms with Crippen molar-refractivity contribution in [2.45, 2.75) is 63.3 Å². The van der Waals surface area contributed by atoms with Crippen LogP contribution in [0.1, 0.15) is 40.0 Å². The van der Waals surface area contributed by atoms with Gasteiger partial charge in [-0.25, -0.2) is 0 Å². The van der Waals surface area contributed by atoms with Crippen molar-refractivity contribution in [2.75, 3.05) is 52.5 Å². The highest BCUT2D eigenvalue weighted by Gasteiger charge is 2.78. The summed E-state index contributed by atoms with van der Waals surface area (Å²) in [6, 6.07) is -1.58. The van der Waals surface area contributed by atoms with E-state index in [2.05, 4.69) is 11.5 Å². The van der Waals surface area contributed by atoms with Gasteiger partial charge in [-0.2, -0.15) is 0 Å². The molecule has 2 bridgehead atoms. The Morgan fingerprint density at radius 2 is 1.97 bits per heavy atom. The van der Waals surface area contributed by atoms with Gasteiger partial charge in [0, 0.05) is 32.7 Å². The molecule has 4 fully saturated rings. The van der Waals surface area contributed by atoms with Gasteiger partial charge in [-0.3, -0.25) is 19.3 Å². The van der Waals surface area contributed by atoms with E-state index >= 15 is 0 Å². The summed E-state index contributed by atoms with van der Waals surface area (Å²) in [4.78, 5) is 46.1. The van der Waals surface area contributed by atoms with Crippen LogP contribution in [0.2, 0.25) is 0 Å². The minimum absolute atomic E-state index is 0.166. The minimum atomic E-state index is -1.21. The third kappa shape index (κ3) is 4.46. The summed E-state index contributed by atoms with van der Waals surface area (Å²) >= 11 is 0. The number of carbonyl (C=O) groups is 3. The Balaban J connectivity index is 1.70. The number of amides is 2. The van der Waals surface area contributed by atoms with E-state index in [9.17, 15) is 24.6 Å². The second kappa shape index (κ2) is 10.4. The van der Waals surface area contributed by atoms with Crippen molar-refractivity contribution in [3.05, 3.63) is 12.7 Å². The predicted octanol–water partition coefficient (Wildman–Crippen LogP) is 0.590. The number of carboxylic acid groups (broad SMARTS) is 1. The number of carbonyl (C=O) groups excluding carboxylic acids is 2. The lowest BCUT2D eigenvalue weighted by molar-refractivity contribution is -0.158. The molecule has 6 atom stereocenters. The van der Waals surface area contributed by atoms with Crippen LogP contribution in [0.25, 0.3) is 0 Å². The molecule has 0 aliphatic carbocycles. The van der Waals surface area contributed by atoms with E-state index in [1.165, 1.54) is 4.90 Å². The number of nitrogens with zero attached hydrogens (tertiary/aromatic N) is 3. The van der Waals surface area contributed by atoms with Gasteiger partial charge in [0.15, 0.2) is 0 Å². The molecule has 0 aromatic carbocycles. The van der Waals surface area contributed by atoms with Crippen LogP contribution in [-0.2, 0) is 23.9 Å². The van der Waals surface area contributed by atoms with E-state index in [1.54, 1.807) is 17.9 Å². The van der Waals surface area contributed by atoms with Crippen molar-refractivity contribution in [3.63, 3.8) is 0 Å². The zero-order valence-electron chi connectivity index (χ0n) is 21.7. The molecule has 10 nitrogen and oxygen atoms in total. The van der Waals surface area contributed by atoms with Crippen molar-refractivity contribution in [1.29, 1.82) is 0 Å². The quantitative estimate of drug-likeness (QED) is 0.390. The van der Waals surface area contributed by atoms with Crippen molar-refractivity contribution in [3.8, 4) is 0 Å². The molecule has 10 heteroatoms. The second-order valence-corrected chi connectivity index (χ2v) is 11.3. The fourth-order valence-corrected chi connectivity index (χ4v) is 6.94. The SMILES string of the molecule is C=CCN(CCN1CCOCC1)C(=O)C1N([C@@H](CO)CC(C)C)C(=O)[C@@H]2[C@@H](C(=O)O)[C@@]3(C)CCC12O3. The number of ether oxygens (including phenoxy) is 2. The van der Waals surface area contributed by atoms with E-state index < -0.39 is 47.0 Å². The summed E-state index contributed by atoms with van der Waals surface area (Å²) in [5, 5.41) is 20.4. The molecule has 4 heterocycles. The fourth-order valence-electron chi connectivity index (χ4n) is 6.94. The van der Waals surface area contributed by atoms with Crippen LogP contribution in [0, 0.1) is 17.8 Å². The molecule has 0 saturated carbocycles. The highest BCUT2D eigenvalue weighted by atomic mass is 16.5. The number of hydrogen-bond acceptors (Lipinski definition) is 7. The molecule has 2 N–H and O–H groups in total. The number of aliphatic carboxylic acids is 1. The van der Waals surface area contributed by atoms with E-state index in [1.807, 2.05) is 13.8 Å². The van der Waals surface area contributed by atoms with Gasteiger partial charge in [-0.05, 0) is 32.1 Å². The molecule has 2 amide bonds. The molecule has 202 valence electrons. The maximum absolute atomic E-state index is 14.3. The number of carboxylic acids is 1. The lowest BCUT2D eigenvalue weighted by Crippen LogP contribution is -2.59. The number of hydrogen-bond donors (Lipinski definition) is 2. The van der Waals surface area contributed by atoms with Gasteiger partial charge < -0.3 is 29.5 Å². The zero-order chi connectivity index (χ0) is 26.3. The van der Waals surface area contributed by atoms with Crippen LogP contribution in [0.4, 0.5) is 0 Å². The normalized spacial score (nSPS) is 34.8. The van der Waals surface area contributed by atoms with E-state index in [0.717, 1.165) is 13.1 Å². The summed E-state index contributed by atoms with van der Waals surface area (Å²) in [5.41, 5.74) is -2.21. The van der Waals surface area contributed by atoms with Crippen LogP contribution < -0.4 is 0 Å². The van der Waals surface area contributed by atoms with Gasteiger partial charge >= 0.3 is 5.97 Å². The summed E-state index contributed by atoms with van der Waals surface area (Å²) in [7, 11) is 0. The van der Waals surface area contributed by atoms with Gasteiger partial charge in [0.1, 0.15) is 11.6 Å². The molecule has 4 rings (SSSR count). The Kier molecular flexibility index (Phi) is 7.81. The first-order chi connectivity index (χ1) is 17.1. The zero-order valence-corrected chi connectivity index (χ0v) is 21.7. The maximum Gasteiger partial charge on any atom is 0.310 e. The van der Waals surface area contributed by atoms with Gasteiger partial charge in [-0.1, -0.05) is 19.9 Å². The number of aliphatic hydroxyl groups excluding tert-OH is 1. The second-order valence-electron chi connectivity index (χ2n) is 11.3. The highest BCUT2D eigenvalue weighted by Crippen LogP contribution is 2.63. The Hall–Kier alpha value is -2.01. The molecule has 4 aliphatic heterocycles. The molecular formula is C26H41N3O7. The molecular weight excluding hydrogens is 466 g/mol. The summed E-state index contributed by atoms with van der Waals surface area (Å²) in [6.07, 6.45) is 3.06. The number of morpholine rings is 1. The first kappa shape index (κ1) is 27.0. The number of likely N-dealkylation sites (tertiary alicyclic amines) is 1. The lowest BCUT2D eigenvalue weighted by Gasteiger charge is -2.40. The van der Waals surface area contributed by atoms with Gasteiger partial charge in [0.2, 0.25) is 11.8 Å². The van der Waals surface area contributed by atoms with Crippen LogP contribution >= 0.6 is 0 Å². The summed E-state index contributed by atoms with van der Waals surface area (Å²) < 4.78 is 11.9. The summed E-state index contributed by atoms with van der Waals surface area (Å²) in [5.74, 6) is -3.55. The standard InChI is InChI=1S/C26H41N3O7/c1-5-8-28(10-9-27-11-13-35-14-12-27)23(32)21-26-7-6-25(4,36-26)20(24(33)34)19(26)22(31)29(21)18(16-30)15-17(2)3/h5,17-21,30H,1,6-16H2,2-4H3,(H,33,34)/t18-,19+,20+,21?,25-,26?/m1/s1. The number of fused-ring (bicyclic) bond motifs is 1. The lowest BCUT2D eigenvalue weighted by atomic mass is 9.66. The Labute approximate surface area is 213 Å². The van der Waals surface area contributed by atoms with E-state index in [-0.39, 0.29) is 18.4 Å². The Bertz CT molecular complexity index is 876. The molecule has 4 aliphatic rings. The van der Waals surface area contributed by atoms with Gasteiger partial charge in [0.25, 0.3) is 0 Å². The average molecular weight is 508 g/mol. The molecule has 0 radical (unpaired) electrons. The van der Waals surface area contributed by atoms with Crippen LogP contribution in [0.3, 0.4) is 0 Å². The van der Waals surface area contributed by atoms with Crippen molar-refractivity contribution >= 4 is 17.8 Å². The van der Waals surface area contributed by atoms with E-state index in [4.69, 9.17) is 9.47 Å². The smallest absolute Gasteiger partial charge is 0.310 e. The van der Waals surface area contributed by atoms with Crippen molar-refractivity contribution < 1.29 is 34.1 Å².